The highest BCUT2D eigenvalue weighted by Gasteiger charge is 2.34. The summed E-state index contributed by atoms with van der Waals surface area (Å²) < 4.78 is 0. The molecule has 0 unspecified atom stereocenters. The standard InChI is InChI=1S/C23H26N8O/c32-22(25-15-4-2-10-24-13-15)19-7-3-11-31(19)23-26-17-6-1-5-16(17)21(28-23)27-20-12-18(29-30-20)14-8-9-14/h2,4,10,12-14,19H,1,3,5-9,11H2,(H,25,32)(H2,26,27,28,29,30)/t19-/m0/s1. The van der Waals surface area contributed by atoms with E-state index in [0.717, 1.165) is 56.0 Å². The third kappa shape index (κ3) is 3.68. The van der Waals surface area contributed by atoms with Gasteiger partial charge in [0.1, 0.15) is 11.9 Å². The van der Waals surface area contributed by atoms with Gasteiger partial charge in [0.25, 0.3) is 0 Å². The van der Waals surface area contributed by atoms with Crippen molar-refractivity contribution >= 4 is 29.2 Å². The van der Waals surface area contributed by atoms with Crippen molar-refractivity contribution in [2.75, 3.05) is 22.1 Å². The number of rotatable bonds is 6. The average molecular weight is 431 g/mol. The first-order valence-corrected chi connectivity index (χ1v) is 11.4. The number of H-pyrrole nitrogens is 1. The maximum atomic E-state index is 13.0. The molecule has 0 spiro atoms. The zero-order valence-electron chi connectivity index (χ0n) is 17.8. The van der Waals surface area contributed by atoms with Gasteiger partial charge in [-0.1, -0.05) is 0 Å². The van der Waals surface area contributed by atoms with E-state index in [1.165, 1.54) is 24.1 Å². The minimum Gasteiger partial charge on any atom is -0.329 e. The molecule has 6 rings (SSSR count). The van der Waals surface area contributed by atoms with Gasteiger partial charge >= 0.3 is 0 Å². The molecule has 3 aromatic rings. The van der Waals surface area contributed by atoms with Crippen molar-refractivity contribution in [3.05, 3.63) is 47.5 Å². The molecule has 164 valence electrons. The highest BCUT2D eigenvalue weighted by atomic mass is 16.2. The molecule has 32 heavy (non-hydrogen) atoms. The number of pyridine rings is 1. The lowest BCUT2D eigenvalue weighted by Gasteiger charge is -2.25. The number of carbonyl (C=O) groups excluding carboxylic acids is 1. The van der Waals surface area contributed by atoms with Crippen LogP contribution in [0.2, 0.25) is 0 Å². The van der Waals surface area contributed by atoms with Gasteiger partial charge in [0.05, 0.1) is 17.6 Å². The zero-order chi connectivity index (χ0) is 21.5. The molecule has 3 aromatic heterocycles. The van der Waals surface area contributed by atoms with Gasteiger partial charge in [0.15, 0.2) is 5.82 Å². The van der Waals surface area contributed by atoms with Gasteiger partial charge in [0.2, 0.25) is 11.9 Å². The lowest BCUT2D eigenvalue weighted by molar-refractivity contribution is -0.117. The van der Waals surface area contributed by atoms with Gasteiger partial charge in [-0.3, -0.25) is 14.9 Å². The Hall–Kier alpha value is -3.49. The van der Waals surface area contributed by atoms with E-state index in [9.17, 15) is 4.79 Å². The Morgan fingerprint density at radius 3 is 2.94 bits per heavy atom. The molecule has 3 N–H and O–H groups in total. The number of aromatic nitrogens is 5. The van der Waals surface area contributed by atoms with Crippen LogP contribution in [0.15, 0.2) is 30.6 Å². The normalized spacial score (nSPS) is 19.8. The van der Waals surface area contributed by atoms with Crippen molar-refractivity contribution in [2.24, 2.45) is 0 Å². The van der Waals surface area contributed by atoms with Gasteiger partial charge in [-0.15, -0.1) is 0 Å². The van der Waals surface area contributed by atoms with Crippen LogP contribution in [0.25, 0.3) is 0 Å². The van der Waals surface area contributed by atoms with E-state index in [2.05, 4.69) is 31.9 Å². The van der Waals surface area contributed by atoms with Crippen LogP contribution >= 0.6 is 0 Å². The van der Waals surface area contributed by atoms with E-state index in [4.69, 9.17) is 9.97 Å². The second kappa shape index (κ2) is 7.89. The minimum absolute atomic E-state index is 0.0458. The van der Waals surface area contributed by atoms with Crippen LogP contribution in [0.1, 0.15) is 55.0 Å². The van der Waals surface area contributed by atoms with Gasteiger partial charge in [-0.2, -0.15) is 10.1 Å². The topological polar surface area (TPSA) is 112 Å². The number of fused-ring (bicyclic) bond motifs is 1. The Kier molecular flexibility index (Phi) is 4.74. The van der Waals surface area contributed by atoms with Crippen molar-refractivity contribution in [1.29, 1.82) is 0 Å². The van der Waals surface area contributed by atoms with Crippen LogP contribution in [-0.4, -0.2) is 43.6 Å². The molecule has 3 aliphatic rings. The van der Waals surface area contributed by atoms with Gasteiger partial charge in [-0.05, 0) is 57.1 Å². The molecule has 2 fully saturated rings. The van der Waals surface area contributed by atoms with Gasteiger partial charge < -0.3 is 15.5 Å². The summed E-state index contributed by atoms with van der Waals surface area (Å²) in [7, 11) is 0. The number of carbonyl (C=O) groups is 1. The number of hydrogen-bond acceptors (Lipinski definition) is 7. The van der Waals surface area contributed by atoms with Crippen molar-refractivity contribution in [1.82, 2.24) is 25.1 Å². The summed E-state index contributed by atoms with van der Waals surface area (Å²) in [5.74, 6) is 2.80. The molecule has 1 saturated carbocycles. The molecule has 0 aromatic carbocycles. The van der Waals surface area contributed by atoms with E-state index in [1.807, 2.05) is 17.0 Å². The molecule has 1 atom stereocenters. The number of nitrogens with zero attached hydrogens (tertiary/aromatic N) is 5. The summed E-state index contributed by atoms with van der Waals surface area (Å²) in [5, 5.41) is 14.0. The van der Waals surface area contributed by atoms with Gasteiger partial charge in [-0.25, -0.2) is 4.98 Å². The molecular formula is C23H26N8O. The fourth-order valence-corrected chi connectivity index (χ4v) is 4.72. The van der Waals surface area contributed by atoms with Crippen LogP contribution in [0.4, 0.5) is 23.3 Å². The largest absolute Gasteiger partial charge is 0.329 e. The summed E-state index contributed by atoms with van der Waals surface area (Å²) in [6, 6.07) is 5.45. The summed E-state index contributed by atoms with van der Waals surface area (Å²) in [5.41, 5.74) is 4.13. The molecule has 9 heteroatoms. The van der Waals surface area contributed by atoms with Crippen molar-refractivity contribution in [3.63, 3.8) is 0 Å². The quantitative estimate of drug-likeness (QED) is 0.550. The summed E-state index contributed by atoms with van der Waals surface area (Å²) in [6.45, 7) is 0.761. The van der Waals surface area contributed by atoms with Crippen molar-refractivity contribution in [3.8, 4) is 0 Å². The first-order chi connectivity index (χ1) is 15.7. The molecule has 4 heterocycles. The van der Waals surface area contributed by atoms with Gasteiger partial charge in [0, 0.05) is 36.0 Å². The van der Waals surface area contributed by atoms with E-state index in [1.54, 1.807) is 12.4 Å². The number of amides is 1. The molecule has 2 aliphatic carbocycles. The van der Waals surface area contributed by atoms with E-state index in [0.29, 0.717) is 17.6 Å². The molecule has 1 saturated heterocycles. The molecule has 9 nitrogen and oxygen atoms in total. The molecule has 0 bridgehead atoms. The van der Waals surface area contributed by atoms with Crippen LogP contribution in [0, 0.1) is 0 Å². The van der Waals surface area contributed by atoms with Crippen LogP contribution in [0.3, 0.4) is 0 Å². The molecule has 1 amide bonds. The molecular weight excluding hydrogens is 404 g/mol. The summed E-state index contributed by atoms with van der Waals surface area (Å²) in [4.78, 5) is 28.9. The molecule has 0 radical (unpaired) electrons. The number of aryl methyl sites for hydroxylation is 1. The summed E-state index contributed by atoms with van der Waals surface area (Å²) in [6.07, 6.45) is 10.5. The van der Waals surface area contributed by atoms with Crippen molar-refractivity contribution < 1.29 is 4.79 Å². The minimum atomic E-state index is -0.297. The SMILES string of the molecule is O=C(Nc1cccnc1)[C@@H]1CCCN1c1nc2c(c(Nc3cc(C4CC4)[nH]n3)n1)CCC2. The van der Waals surface area contributed by atoms with Crippen LogP contribution in [-0.2, 0) is 17.6 Å². The van der Waals surface area contributed by atoms with E-state index in [-0.39, 0.29) is 11.9 Å². The molecule has 1 aliphatic heterocycles. The second-order valence-electron chi connectivity index (χ2n) is 8.84. The Morgan fingerprint density at radius 2 is 2.09 bits per heavy atom. The smallest absolute Gasteiger partial charge is 0.247 e. The summed E-state index contributed by atoms with van der Waals surface area (Å²) >= 11 is 0. The fourth-order valence-electron chi connectivity index (χ4n) is 4.72. The van der Waals surface area contributed by atoms with E-state index < -0.39 is 0 Å². The Bertz CT molecular complexity index is 1140. The second-order valence-corrected chi connectivity index (χ2v) is 8.84. The highest BCUT2D eigenvalue weighted by molar-refractivity contribution is 5.96. The Labute approximate surface area is 186 Å². The predicted octanol–water partition coefficient (Wildman–Crippen LogP) is 3.31. The zero-order valence-corrected chi connectivity index (χ0v) is 17.8. The first kappa shape index (κ1) is 19.2. The third-order valence-electron chi connectivity index (χ3n) is 6.52. The highest BCUT2D eigenvalue weighted by Crippen LogP contribution is 2.40. The fraction of sp³-hybridized carbons (Fsp3) is 0.435. The lowest BCUT2D eigenvalue weighted by atomic mass is 10.2. The average Bonchev–Trinajstić information content (AvgIpc) is 3.20. The van der Waals surface area contributed by atoms with E-state index >= 15 is 0 Å². The maximum absolute atomic E-state index is 13.0. The lowest BCUT2D eigenvalue weighted by Crippen LogP contribution is -2.40. The monoisotopic (exact) mass is 430 g/mol. The number of aromatic amines is 1. The Balaban J connectivity index is 1.27. The number of hydrogen-bond donors (Lipinski definition) is 3. The number of nitrogens with one attached hydrogen (secondary N) is 3. The van der Waals surface area contributed by atoms with Crippen LogP contribution in [0.5, 0.6) is 0 Å². The Morgan fingerprint density at radius 1 is 1.16 bits per heavy atom. The van der Waals surface area contributed by atoms with Crippen LogP contribution < -0.4 is 15.5 Å². The number of anilines is 4. The first-order valence-electron chi connectivity index (χ1n) is 11.4. The maximum Gasteiger partial charge on any atom is 0.247 e. The van der Waals surface area contributed by atoms with Crippen molar-refractivity contribution in [2.45, 2.75) is 56.9 Å². The third-order valence-corrected chi connectivity index (χ3v) is 6.52. The predicted molar refractivity (Wildman–Crippen MR) is 121 cm³/mol.